The van der Waals surface area contributed by atoms with Crippen LogP contribution in [0.2, 0.25) is 0 Å². The van der Waals surface area contributed by atoms with Gasteiger partial charge in [-0.1, -0.05) is 127 Å². The van der Waals surface area contributed by atoms with Crippen molar-refractivity contribution >= 4 is 38.9 Å². The fraction of sp³-hybridized carbons (Fsp3) is 0.125. The van der Waals surface area contributed by atoms with Crippen LogP contribution in [-0.4, -0.2) is 35.8 Å². The summed E-state index contributed by atoms with van der Waals surface area (Å²) in [4.78, 5) is 47.3. The van der Waals surface area contributed by atoms with Crippen LogP contribution in [0.15, 0.2) is 127 Å². The summed E-state index contributed by atoms with van der Waals surface area (Å²) in [7, 11) is 1.91. The molecule has 4 nitrogen and oxygen atoms in total. The van der Waals surface area contributed by atoms with Crippen molar-refractivity contribution in [1.29, 1.82) is 0 Å². The number of ketones is 3. The first-order chi connectivity index (χ1) is 21.5. The third kappa shape index (κ3) is 2.80. The van der Waals surface area contributed by atoms with Gasteiger partial charge in [-0.3, -0.25) is 19.3 Å². The average Bonchev–Trinajstić information content (AvgIpc) is 3.61. The summed E-state index contributed by atoms with van der Waals surface area (Å²) in [5, 5.41) is 3.63. The van der Waals surface area contributed by atoms with Gasteiger partial charge >= 0.3 is 0 Å². The van der Waals surface area contributed by atoms with Gasteiger partial charge in [0.1, 0.15) is 11.0 Å². The maximum atomic E-state index is 15.3. The Kier molecular flexibility index (Phi) is 5.00. The number of likely N-dealkylation sites (tertiary alicyclic amines) is 1. The second-order valence-corrected chi connectivity index (χ2v) is 12.3. The number of carbonyl (C=O) groups is 3. The van der Waals surface area contributed by atoms with Crippen molar-refractivity contribution in [3.8, 4) is 11.1 Å². The zero-order chi connectivity index (χ0) is 29.8. The Morgan fingerprint density at radius 2 is 1.16 bits per heavy atom. The van der Waals surface area contributed by atoms with E-state index in [1.807, 2.05) is 139 Å². The third-order valence-electron chi connectivity index (χ3n) is 10.5. The van der Waals surface area contributed by atoms with E-state index in [2.05, 4.69) is 0 Å². The maximum Gasteiger partial charge on any atom is 0.189 e. The maximum absolute atomic E-state index is 15.3. The average molecular weight is 570 g/mol. The number of nitrogens with zero attached hydrogens (tertiary/aromatic N) is 1. The predicted octanol–water partition coefficient (Wildman–Crippen LogP) is 7.63. The lowest BCUT2D eigenvalue weighted by Gasteiger charge is -2.45. The SMILES string of the molecule is CN1C[C@@H](C(=O)c2ccc(-c3ccccc3)cc2)[C@]2(C(=O)c3cccc4cccc2c34)[C@]12C(=O)c1cccc3cccc2c13. The Bertz CT molecular complexity index is 2230. The number of hydrogen-bond acceptors (Lipinski definition) is 4. The van der Waals surface area contributed by atoms with E-state index < -0.39 is 16.9 Å². The van der Waals surface area contributed by atoms with Crippen molar-refractivity contribution in [2.45, 2.75) is 11.0 Å². The minimum atomic E-state index is -1.44. The first-order valence-electron chi connectivity index (χ1n) is 15.0. The largest absolute Gasteiger partial charge is 0.294 e. The molecule has 2 spiro atoms. The molecule has 3 atom stereocenters. The molecule has 1 heterocycles. The molecule has 44 heavy (non-hydrogen) atoms. The number of carbonyl (C=O) groups excluding carboxylic acids is 3. The van der Waals surface area contributed by atoms with Gasteiger partial charge in [-0.05, 0) is 50.8 Å². The summed E-state index contributed by atoms with van der Waals surface area (Å²) in [6.45, 7) is 0.269. The molecular formula is C40H27NO3. The zero-order valence-corrected chi connectivity index (χ0v) is 24.1. The van der Waals surface area contributed by atoms with Crippen LogP contribution < -0.4 is 0 Å². The van der Waals surface area contributed by atoms with Gasteiger partial charge in [0, 0.05) is 23.2 Å². The summed E-state index contributed by atoms with van der Waals surface area (Å²) in [5.41, 5.74) is 2.59. The Hall–Kier alpha value is -5.19. The van der Waals surface area contributed by atoms with Gasteiger partial charge in [0.25, 0.3) is 0 Å². The van der Waals surface area contributed by atoms with Gasteiger partial charge in [-0.15, -0.1) is 0 Å². The van der Waals surface area contributed by atoms with Gasteiger partial charge in [0.05, 0.1) is 5.92 Å². The van der Waals surface area contributed by atoms with E-state index in [-0.39, 0.29) is 23.9 Å². The minimum Gasteiger partial charge on any atom is -0.294 e. The number of hydrogen-bond donors (Lipinski definition) is 0. The van der Waals surface area contributed by atoms with Crippen molar-refractivity contribution < 1.29 is 14.4 Å². The summed E-state index contributed by atoms with van der Waals surface area (Å²) >= 11 is 0. The van der Waals surface area contributed by atoms with E-state index in [1.165, 1.54) is 0 Å². The molecule has 1 aliphatic heterocycles. The molecule has 6 aromatic carbocycles. The van der Waals surface area contributed by atoms with Crippen LogP contribution >= 0.6 is 0 Å². The molecule has 210 valence electrons. The number of fused-ring (bicyclic) bond motifs is 3. The first-order valence-corrected chi connectivity index (χ1v) is 15.0. The van der Waals surface area contributed by atoms with Crippen LogP contribution in [0, 0.1) is 5.92 Å². The van der Waals surface area contributed by atoms with Crippen LogP contribution in [-0.2, 0) is 11.0 Å². The van der Waals surface area contributed by atoms with Gasteiger partial charge < -0.3 is 0 Å². The molecule has 0 aromatic heterocycles. The number of likely N-dealkylation sites (N-methyl/N-ethyl adjacent to an activating group) is 1. The smallest absolute Gasteiger partial charge is 0.189 e. The molecular weight excluding hydrogens is 542 g/mol. The fourth-order valence-electron chi connectivity index (χ4n) is 8.86. The number of benzene rings is 6. The highest BCUT2D eigenvalue weighted by atomic mass is 16.2. The zero-order valence-electron chi connectivity index (χ0n) is 24.1. The predicted molar refractivity (Wildman–Crippen MR) is 172 cm³/mol. The van der Waals surface area contributed by atoms with Crippen molar-refractivity contribution in [2.75, 3.05) is 13.6 Å². The molecule has 6 aromatic rings. The van der Waals surface area contributed by atoms with Gasteiger partial charge in [-0.2, -0.15) is 0 Å². The van der Waals surface area contributed by atoms with E-state index >= 15 is 9.59 Å². The second kappa shape index (κ2) is 8.68. The van der Waals surface area contributed by atoms with Crippen LogP contribution in [0.1, 0.15) is 42.2 Å². The normalized spacial score (nSPS) is 23.5. The van der Waals surface area contributed by atoms with Crippen molar-refractivity contribution in [1.82, 2.24) is 4.90 Å². The van der Waals surface area contributed by atoms with Crippen LogP contribution in [0.3, 0.4) is 0 Å². The molecule has 9 rings (SSSR count). The molecule has 0 unspecified atom stereocenters. The van der Waals surface area contributed by atoms with Crippen LogP contribution in [0.25, 0.3) is 32.7 Å². The summed E-state index contributed by atoms with van der Waals surface area (Å²) in [5.74, 6) is -1.16. The van der Waals surface area contributed by atoms with Gasteiger partial charge in [-0.25, -0.2) is 0 Å². The molecule has 0 amide bonds. The molecule has 2 aliphatic carbocycles. The topological polar surface area (TPSA) is 54.5 Å². The Labute approximate surface area is 254 Å². The van der Waals surface area contributed by atoms with E-state index in [4.69, 9.17) is 0 Å². The first kappa shape index (κ1) is 25.3. The Balaban J connectivity index is 1.32. The number of rotatable bonds is 3. The van der Waals surface area contributed by atoms with E-state index in [0.29, 0.717) is 16.7 Å². The fourth-order valence-corrected chi connectivity index (χ4v) is 8.86. The lowest BCUT2D eigenvalue weighted by molar-refractivity contribution is 0.0484. The highest BCUT2D eigenvalue weighted by Gasteiger charge is 2.76. The molecule has 0 bridgehead atoms. The number of Topliss-reactive ketones (excluding diaryl/α,β-unsaturated/α-hetero) is 3. The van der Waals surface area contributed by atoms with Crippen molar-refractivity contribution in [2.24, 2.45) is 5.92 Å². The highest BCUT2D eigenvalue weighted by molar-refractivity contribution is 6.30. The molecule has 1 saturated heterocycles. The summed E-state index contributed by atoms with van der Waals surface area (Å²) in [6, 6.07) is 41.2. The molecule has 3 aliphatic rings. The highest BCUT2D eigenvalue weighted by Crippen LogP contribution is 2.66. The lowest BCUT2D eigenvalue weighted by atomic mass is 9.56. The molecule has 0 radical (unpaired) electrons. The molecule has 0 N–H and O–H groups in total. The van der Waals surface area contributed by atoms with E-state index in [0.717, 1.165) is 43.8 Å². The quantitative estimate of drug-likeness (QED) is 0.206. The molecule has 1 fully saturated rings. The van der Waals surface area contributed by atoms with Gasteiger partial charge in [0.2, 0.25) is 0 Å². The van der Waals surface area contributed by atoms with Gasteiger partial charge in [0.15, 0.2) is 17.3 Å². The lowest BCUT2D eigenvalue weighted by Crippen LogP contribution is -2.60. The molecule has 0 saturated carbocycles. The van der Waals surface area contributed by atoms with Crippen molar-refractivity contribution in [3.63, 3.8) is 0 Å². The minimum absolute atomic E-state index is 0.111. The van der Waals surface area contributed by atoms with Crippen molar-refractivity contribution in [3.05, 3.63) is 155 Å². The van der Waals surface area contributed by atoms with E-state index in [9.17, 15) is 4.79 Å². The van der Waals surface area contributed by atoms with Crippen LogP contribution in [0.5, 0.6) is 0 Å². The van der Waals surface area contributed by atoms with E-state index in [1.54, 1.807) is 0 Å². The standard InChI is InChI=1S/C40H27NO3/c1-41-23-33(36(42)28-21-19-25(20-22-28)24-9-3-2-4-10-24)39(31-17-7-13-26-11-5-15-29(34(26)31)37(39)43)40(41)32-18-8-14-27-12-6-16-30(35(27)32)38(40)44/h2-22,33H,23H2,1H3/t33-,39+,40-/m0/s1. The molecule has 4 heteroatoms. The Morgan fingerprint density at radius 3 is 1.82 bits per heavy atom. The summed E-state index contributed by atoms with van der Waals surface area (Å²) < 4.78 is 0. The monoisotopic (exact) mass is 569 g/mol. The third-order valence-corrected chi connectivity index (χ3v) is 10.5. The second-order valence-electron chi connectivity index (χ2n) is 12.3. The van der Waals surface area contributed by atoms with Crippen LogP contribution in [0.4, 0.5) is 0 Å². The summed E-state index contributed by atoms with van der Waals surface area (Å²) in [6.07, 6.45) is 0. The Morgan fingerprint density at radius 1 is 0.614 bits per heavy atom.